The van der Waals surface area contributed by atoms with Gasteiger partial charge in [-0.3, -0.25) is 9.59 Å². The zero-order valence-electron chi connectivity index (χ0n) is 69.9. The fraction of sp³-hybridized carbons (Fsp3) is 0.781. The summed E-state index contributed by atoms with van der Waals surface area (Å²) in [5.74, 6) is -1.98. The summed E-state index contributed by atoms with van der Waals surface area (Å²) in [5, 5.41) is 9.80. The molecule has 0 aliphatic rings. The minimum absolute atomic E-state index is 0.179. The number of hydrogen-bond donors (Lipinski definition) is 1. The molecule has 0 aromatic rings. The third-order valence-corrected chi connectivity index (χ3v) is 20.0. The molecule has 0 fully saturated rings. The van der Waals surface area contributed by atoms with Crippen molar-refractivity contribution in [2.45, 2.75) is 437 Å². The number of esters is 2. The minimum Gasteiger partial charge on any atom is -0.477 e. The Bertz CT molecular complexity index is 2110. The van der Waals surface area contributed by atoms with Gasteiger partial charge in [0.2, 0.25) is 0 Å². The number of carboxylic acids is 1. The summed E-state index contributed by atoms with van der Waals surface area (Å²) in [5.41, 5.74) is 0. The lowest BCUT2D eigenvalue weighted by Crippen LogP contribution is -2.40. The van der Waals surface area contributed by atoms with Crippen molar-refractivity contribution >= 4 is 17.9 Å². The maximum atomic E-state index is 13.0. The summed E-state index contributed by atoms with van der Waals surface area (Å²) in [6, 6.07) is 0. The zero-order valence-corrected chi connectivity index (χ0v) is 69.9. The van der Waals surface area contributed by atoms with E-state index in [1.165, 1.54) is 308 Å². The van der Waals surface area contributed by atoms with Crippen LogP contribution in [0, 0.1) is 0 Å². The summed E-state index contributed by atoms with van der Waals surface area (Å²) in [7, 11) is 6.00. The van der Waals surface area contributed by atoms with Crippen molar-refractivity contribution in [3.63, 3.8) is 0 Å². The van der Waals surface area contributed by atoms with Crippen molar-refractivity contribution in [1.82, 2.24) is 0 Å². The molecule has 0 aliphatic carbocycles. The van der Waals surface area contributed by atoms with Crippen molar-refractivity contribution in [1.29, 1.82) is 0 Å². The first-order valence-electron chi connectivity index (χ1n) is 45.1. The number of unbranched alkanes of at least 4 members (excludes halogenated alkanes) is 51. The smallest absolute Gasteiger partial charge is 0.361 e. The number of allylic oxidation sites excluding steroid dienone is 18. The molecule has 2 unspecified atom stereocenters. The molecule has 0 rings (SSSR count). The van der Waals surface area contributed by atoms with Crippen LogP contribution in [0.2, 0.25) is 0 Å². The van der Waals surface area contributed by atoms with Crippen LogP contribution in [0.4, 0.5) is 0 Å². The predicted octanol–water partition coefficient (Wildman–Crippen LogP) is 29.6. The van der Waals surface area contributed by atoms with Gasteiger partial charge in [-0.15, -0.1) is 0 Å². The maximum absolute atomic E-state index is 13.0. The van der Waals surface area contributed by atoms with Crippen molar-refractivity contribution < 1.29 is 42.9 Å². The highest BCUT2D eigenvalue weighted by Crippen LogP contribution is 2.20. The first-order valence-corrected chi connectivity index (χ1v) is 45.1. The molecule has 0 aromatic carbocycles. The summed E-state index contributed by atoms with van der Waals surface area (Å²) < 4.78 is 23.1. The van der Waals surface area contributed by atoms with Gasteiger partial charge in [0, 0.05) is 12.8 Å². The zero-order chi connectivity index (χ0) is 76.0. The summed E-state index contributed by atoms with van der Waals surface area (Å²) in [4.78, 5) is 37.8. The highest BCUT2D eigenvalue weighted by atomic mass is 16.7. The number of carbonyl (C=O) groups excluding carboxylic acids is 2. The van der Waals surface area contributed by atoms with Gasteiger partial charge in [0.05, 0.1) is 34.4 Å². The number of hydrogen-bond acceptors (Lipinski definition) is 7. The van der Waals surface area contributed by atoms with E-state index in [1.807, 2.05) is 21.1 Å². The Kier molecular flexibility index (Phi) is 82.3. The Morgan fingerprint density at radius 2 is 0.543 bits per heavy atom. The molecule has 0 saturated carbocycles. The monoisotopic (exact) mass is 1470 g/mol. The highest BCUT2D eigenvalue weighted by molar-refractivity contribution is 5.71. The fourth-order valence-electron chi connectivity index (χ4n) is 13.2. The van der Waals surface area contributed by atoms with E-state index in [1.54, 1.807) is 0 Å². The van der Waals surface area contributed by atoms with Gasteiger partial charge in [-0.1, -0.05) is 419 Å². The molecule has 0 aliphatic heterocycles. The van der Waals surface area contributed by atoms with E-state index >= 15 is 0 Å². The van der Waals surface area contributed by atoms with Crippen LogP contribution in [0.15, 0.2) is 109 Å². The molecular weight excluding hydrogens is 1300 g/mol. The second kappa shape index (κ2) is 85.6. The van der Waals surface area contributed by atoms with E-state index < -0.39 is 18.4 Å². The number of rotatable bonds is 84. The van der Waals surface area contributed by atoms with E-state index in [0.717, 1.165) is 89.9 Å². The lowest BCUT2D eigenvalue weighted by atomic mass is 10.0. The summed E-state index contributed by atoms with van der Waals surface area (Å²) in [6.45, 7) is 4.81. The number of likely N-dealkylation sites (N-methyl/N-ethyl adjacent to an activating group) is 1. The highest BCUT2D eigenvalue weighted by Gasteiger charge is 2.25. The first kappa shape index (κ1) is 101. The van der Waals surface area contributed by atoms with Crippen LogP contribution in [0.1, 0.15) is 425 Å². The van der Waals surface area contributed by atoms with E-state index in [2.05, 4.69) is 123 Å². The second-order valence-electron chi connectivity index (χ2n) is 31.5. The average Bonchev–Trinajstić information content (AvgIpc) is 1.97. The maximum Gasteiger partial charge on any atom is 0.361 e. The van der Waals surface area contributed by atoms with E-state index in [4.69, 9.17) is 18.9 Å². The number of aliphatic carboxylic acids is 1. The first-order chi connectivity index (χ1) is 51.6. The molecule has 0 saturated heterocycles. The van der Waals surface area contributed by atoms with Crippen LogP contribution in [-0.4, -0.2) is 87.4 Å². The van der Waals surface area contributed by atoms with Crippen molar-refractivity contribution in [2.75, 3.05) is 47.5 Å². The van der Waals surface area contributed by atoms with Gasteiger partial charge in [0.1, 0.15) is 13.2 Å². The second-order valence-corrected chi connectivity index (χ2v) is 31.5. The number of carboxylic acid groups (broad SMARTS) is 1. The molecule has 0 heterocycles. The SMILES string of the molecule is CC/C=C\C/C=C\C/C=C\C/C=C\C/C=C\C/C=C\CCCCCCCCCCCCCCCCCCCCCCC(=O)OC(COC(=O)CCCCCCCCCCCCCCCCCCCCCCCCCCCC/C=C\C/C=C\C/C=C\CCCCCCC)COC(OCC[N+](C)(C)C)C(=O)O. The molecule has 0 spiro atoms. The lowest BCUT2D eigenvalue weighted by molar-refractivity contribution is -0.870. The van der Waals surface area contributed by atoms with E-state index in [-0.39, 0.29) is 38.2 Å². The largest absolute Gasteiger partial charge is 0.477 e. The molecule has 608 valence electrons. The Hall–Kier alpha value is -4.05. The fourth-order valence-corrected chi connectivity index (χ4v) is 13.2. The molecule has 105 heavy (non-hydrogen) atoms. The topological polar surface area (TPSA) is 108 Å². The van der Waals surface area contributed by atoms with Gasteiger partial charge >= 0.3 is 17.9 Å². The van der Waals surface area contributed by atoms with Crippen molar-refractivity contribution in [3.8, 4) is 0 Å². The third-order valence-electron chi connectivity index (χ3n) is 20.0. The normalized spacial score (nSPS) is 13.1. The molecule has 0 aromatic heterocycles. The predicted molar refractivity (Wildman–Crippen MR) is 456 cm³/mol. The molecular formula is C96H172NO8+. The Morgan fingerprint density at radius 1 is 0.295 bits per heavy atom. The van der Waals surface area contributed by atoms with Gasteiger partial charge in [-0.25, -0.2) is 4.79 Å². The average molecular weight is 1470 g/mol. The van der Waals surface area contributed by atoms with Crippen LogP contribution >= 0.6 is 0 Å². The van der Waals surface area contributed by atoms with Crippen LogP contribution in [-0.2, 0) is 33.3 Å². The summed E-state index contributed by atoms with van der Waals surface area (Å²) in [6.07, 6.45) is 119. The molecule has 9 nitrogen and oxygen atoms in total. The standard InChI is InChI=1S/C96H171NO8/c1-6-8-10-12-14-16-18-20-22-24-26-28-30-32-34-36-38-40-42-44-46-47-49-50-52-54-56-58-60-62-64-66-68-70-72-74-76-78-80-82-84-86-93(98)103-90-92(91-104-96(95(100)101)102-89-88-97(3,4)5)105-94(99)87-85-83-81-79-77-75-73-71-69-67-65-63-61-59-57-55-53-51-48-45-43-41-39-37-35-33-31-29-27-25-23-21-19-17-15-13-11-9-7-2/h9,11,15,17-18,20-21,23-24,26-27,29-30,32-33,35,39,41,92,96H,6-8,10,12-14,16,19,22,25,28,31,34,36-38,40,42-91H2,1-5H3/p+1/b11-9-,17-15-,20-18-,23-21-,26-24-,29-27-,32-30-,35-33-,41-39-. The third kappa shape index (κ3) is 87.1. The number of ether oxygens (including phenoxy) is 4. The van der Waals surface area contributed by atoms with Crippen LogP contribution in [0.5, 0.6) is 0 Å². The van der Waals surface area contributed by atoms with Gasteiger partial charge in [-0.2, -0.15) is 0 Å². The Morgan fingerprint density at radius 3 is 0.810 bits per heavy atom. The van der Waals surface area contributed by atoms with Crippen LogP contribution < -0.4 is 0 Å². The number of carbonyl (C=O) groups is 3. The molecule has 0 amide bonds. The minimum atomic E-state index is -1.51. The number of quaternary nitrogens is 1. The molecule has 2 atom stereocenters. The van der Waals surface area contributed by atoms with Gasteiger partial charge in [0.15, 0.2) is 6.10 Å². The lowest BCUT2D eigenvalue weighted by Gasteiger charge is -2.25. The Labute approximate surface area is 651 Å². The Balaban J connectivity index is 3.92. The number of nitrogens with zero attached hydrogens (tertiary/aromatic N) is 1. The van der Waals surface area contributed by atoms with E-state index in [0.29, 0.717) is 17.4 Å². The van der Waals surface area contributed by atoms with Crippen molar-refractivity contribution in [3.05, 3.63) is 109 Å². The molecule has 0 bridgehead atoms. The molecule has 1 N–H and O–H groups in total. The van der Waals surface area contributed by atoms with Crippen molar-refractivity contribution in [2.24, 2.45) is 0 Å². The van der Waals surface area contributed by atoms with Crippen LogP contribution in [0.3, 0.4) is 0 Å². The van der Waals surface area contributed by atoms with Gasteiger partial charge < -0.3 is 28.5 Å². The van der Waals surface area contributed by atoms with Gasteiger partial charge in [0.25, 0.3) is 6.29 Å². The van der Waals surface area contributed by atoms with Crippen LogP contribution in [0.25, 0.3) is 0 Å². The molecule has 0 radical (unpaired) electrons. The quantitative estimate of drug-likeness (QED) is 0.0211. The molecule has 9 heteroatoms. The van der Waals surface area contributed by atoms with Gasteiger partial charge in [-0.05, 0) is 103 Å². The summed E-state index contributed by atoms with van der Waals surface area (Å²) >= 11 is 0. The van der Waals surface area contributed by atoms with E-state index in [9.17, 15) is 19.5 Å².